The van der Waals surface area contributed by atoms with Crippen LogP contribution in [0.15, 0.2) is 47.2 Å². The molecular formula is C16H14BrN5O3. The molecule has 8 nitrogen and oxygen atoms in total. The first-order valence-electron chi connectivity index (χ1n) is 7.36. The number of nitrogens with one attached hydrogen (secondary N) is 1. The number of hydrogen-bond donors (Lipinski definition) is 3. The first-order chi connectivity index (χ1) is 12.0. The topological polar surface area (TPSA) is 113 Å². The van der Waals surface area contributed by atoms with Gasteiger partial charge >= 0.3 is 0 Å². The quantitative estimate of drug-likeness (QED) is 0.559. The Morgan fingerprint density at radius 2 is 2.00 bits per heavy atom. The maximum atomic E-state index is 12.5. The van der Waals surface area contributed by atoms with Crippen molar-refractivity contribution in [2.75, 3.05) is 6.54 Å². The second kappa shape index (κ2) is 7.31. The Morgan fingerprint density at radius 3 is 2.72 bits per heavy atom. The molecule has 1 amide bonds. The molecule has 0 radical (unpaired) electrons. The lowest BCUT2D eigenvalue weighted by Gasteiger charge is -2.10. The normalized spacial score (nSPS) is 10.6. The number of carbonyl (C=O) groups excluding carboxylic acids is 1. The molecule has 2 aromatic carbocycles. The smallest absolute Gasteiger partial charge is 0.253 e. The van der Waals surface area contributed by atoms with Gasteiger partial charge in [0, 0.05) is 11.0 Å². The fourth-order valence-electron chi connectivity index (χ4n) is 2.30. The molecule has 1 aromatic heterocycles. The highest BCUT2D eigenvalue weighted by Crippen LogP contribution is 2.25. The molecule has 0 spiro atoms. The summed E-state index contributed by atoms with van der Waals surface area (Å²) < 4.78 is 2.18. The monoisotopic (exact) mass is 403 g/mol. The fourth-order valence-corrected chi connectivity index (χ4v) is 2.66. The van der Waals surface area contributed by atoms with Crippen LogP contribution in [-0.4, -0.2) is 42.9 Å². The van der Waals surface area contributed by atoms with E-state index in [1.165, 1.54) is 23.1 Å². The van der Waals surface area contributed by atoms with Gasteiger partial charge in [-0.3, -0.25) is 4.79 Å². The van der Waals surface area contributed by atoms with Crippen molar-refractivity contribution in [3.8, 4) is 17.2 Å². The number of benzene rings is 2. The minimum Gasteiger partial charge on any atom is -0.504 e. The Balaban J connectivity index is 1.71. The van der Waals surface area contributed by atoms with Crippen LogP contribution in [-0.2, 0) is 6.42 Å². The largest absolute Gasteiger partial charge is 0.504 e. The number of amides is 1. The van der Waals surface area contributed by atoms with Crippen molar-refractivity contribution >= 4 is 21.8 Å². The number of rotatable bonds is 5. The molecule has 25 heavy (non-hydrogen) atoms. The average molecular weight is 404 g/mol. The van der Waals surface area contributed by atoms with Crippen LogP contribution in [0.3, 0.4) is 0 Å². The molecule has 0 fully saturated rings. The van der Waals surface area contributed by atoms with Crippen LogP contribution in [0.1, 0.15) is 15.9 Å². The van der Waals surface area contributed by atoms with Crippen molar-refractivity contribution in [3.05, 3.63) is 58.3 Å². The molecule has 0 aliphatic heterocycles. The molecule has 0 bridgehead atoms. The second-order valence-electron chi connectivity index (χ2n) is 5.24. The zero-order chi connectivity index (χ0) is 17.8. The van der Waals surface area contributed by atoms with E-state index >= 15 is 0 Å². The Morgan fingerprint density at radius 1 is 1.16 bits per heavy atom. The zero-order valence-corrected chi connectivity index (χ0v) is 14.5. The van der Waals surface area contributed by atoms with E-state index in [1.54, 1.807) is 24.3 Å². The van der Waals surface area contributed by atoms with Gasteiger partial charge in [-0.25, -0.2) is 0 Å². The SMILES string of the molecule is O=C(NCCc1ccc(O)c(O)c1)c1cc(Br)ccc1-n1cnnn1. The maximum absolute atomic E-state index is 12.5. The number of aromatic nitrogens is 4. The van der Waals surface area contributed by atoms with Gasteiger partial charge in [-0.2, -0.15) is 4.68 Å². The molecule has 0 atom stereocenters. The van der Waals surface area contributed by atoms with Crippen molar-refractivity contribution in [1.29, 1.82) is 0 Å². The highest BCUT2D eigenvalue weighted by Gasteiger charge is 2.14. The molecule has 3 aromatic rings. The summed E-state index contributed by atoms with van der Waals surface area (Å²) in [6.45, 7) is 0.366. The predicted octanol–water partition coefficient (Wildman–Crippen LogP) is 1.81. The maximum Gasteiger partial charge on any atom is 0.253 e. The average Bonchev–Trinajstić information content (AvgIpc) is 3.12. The van der Waals surface area contributed by atoms with Crippen LogP contribution >= 0.6 is 15.9 Å². The predicted molar refractivity (Wildman–Crippen MR) is 92.7 cm³/mol. The van der Waals surface area contributed by atoms with E-state index in [4.69, 9.17) is 0 Å². The molecule has 0 saturated carbocycles. The summed E-state index contributed by atoms with van der Waals surface area (Å²) in [6, 6.07) is 9.80. The van der Waals surface area contributed by atoms with Gasteiger partial charge in [0.1, 0.15) is 6.33 Å². The highest BCUT2D eigenvalue weighted by atomic mass is 79.9. The van der Waals surface area contributed by atoms with E-state index in [2.05, 4.69) is 36.8 Å². The van der Waals surface area contributed by atoms with E-state index in [1.807, 2.05) is 0 Å². The van der Waals surface area contributed by atoms with Gasteiger partial charge < -0.3 is 15.5 Å². The lowest BCUT2D eigenvalue weighted by molar-refractivity contribution is 0.0954. The van der Waals surface area contributed by atoms with Gasteiger partial charge in [-0.15, -0.1) is 5.10 Å². The number of phenolic OH excluding ortho intramolecular Hbond substituents is 2. The van der Waals surface area contributed by atoms with Crippen molar-refractivity contribution in [3.63, 3.8) is 0 Å². The number of nitrogens with zero attached hydrogens (tertiary/aromatic N) is 4. The second-order valence-corrected chi connectivity index (χ2v) is 6.16. The number of hydrogen-bond acceptors (Lipinski definition) is 6. The van der Waals surface area contributed by atoms with Gasteiger partial charge in [0.2, 0.25) is 0 Å². The molecule has 0 saturated heterocycles. The molecule has 9 heteroatoms. The molecule has 128 valence electrons. The van der Waals surface area contributed by atoms with Crippen LogP contribution < -0.4 is 5.32 Å². The third-order valence-electron chi connectivity index (χ3n) is 3.54. The van der Waals surface area contributed by atoms with Crippen LogP contribution in [0.25, 0.3) is 5.69 Å². The Bertz CT molecular complexity index is 899. The molecule has 3 N–H and O–H groups in total. The number of phenols is 2. The first-order valence-corrected chi connectivity index (χ1v) is 8.16. The number of aromatic hydroxyl groups is 2. The number of halogens is 1. The first kappa shape index (κ1) is 16.9. The molecule has 0 aliphatic carbocycles. The Hall–Kier alpha value is -2.94. The third-order valence-corrected chi connectivity index (χ3v) is 4.03. The fraction of sp³-hybridized carbons (Fsp3) is 0.125. The minimum absolute atomic E-state index is 0.173. The highest BCUT2D eigenvalue weighted by molar-refractivity contribution is 9.10. The molecule has 0 unspecified atom stereocenters. The molecule has 3 rings (SSSR count). The summed E-state index contributed by atoms with van der Waals surface area (Å²) in [4.78, 5) is 12.5. The van der Waals surface area contributed by atoms with E-state index in [0.29, 0.717) is 24.2 Å². The van der Waals surface area contributed by atoms with Crippen molar-refractivity contribution in [1.82, 2.24) is 25.5 Å². The summed E-state index contributed by atoms with van der Waals surface area (Å²) in [7, 11) is 0. The lowest BCUT2D eigenvalue weighted by Crippen LogP contribution is -2.27. The number of carbonyl (C=O) groups is 1. The van der Waals surface area contributed by atoms with E-state index in [9.17, 15) is 15.0 Å². The van der Waals surface area contributed by atoms with Gasteiger partial charge in [0.15, 0.2) is 11.5 Å². The van der Waals surface area contributed by atoms with E-state index in [0.717, 1.165) is 10.0 Å². The van der Waals surface area contributed by atoms with Gasteiger partial charge in [-0.05, 0) is 52.7 Å². The Labute approximate surface area is 151 Å². The van der Waals surface area contributed by atoms with Gasteiger partial charge in [-0.1, -0.05) is 22.0 Å². The standard InChI is InChI=1S/C16H14BrN5O3/c17-11-2-3-13(22-9-19-20-21-22)12(8-11)16(25)18-6-5-10-1-4-14(23)15(24)7-10/h1-4,7-9,23-24H,5-6H2,(H,18,25). The summed E-state index contributed by atoms with van der Waals surface area (Å²) in [6.07, 6.45) is 1.92. The van der Waals surface area contributed by atoms with Crippen LogP contribution in [0, 0.1) is 0 Å². The Kier molecular flexibility index (Phi) is 4.94. The van der Waals surface area contributed by atoms with Crippen LogP contribution in [0.4, 0.5) is 0 Å². The van der Waals surface area contributed by atoms with Crippen molar-refractivity contribution < 1.29 is 15.0 Å². The zero-order valence-electron chi connectivity index (χ0n) is 12.9. The van der Waals surface area contributed by atoms with Gasteiger partial charge in [0.05, 0.1) is 11.3 Å². The number of tetrazole rings is 1. The minimum atomic E-state index is -0.269. The van der Waals surface area contributed by atoms with E-state index in [-0.39, 0.29) is 17.4 Å². The summed E-state index contributed by atoms with van der Waals surface area (Å²) in [5.41, 5.74) is 1.79. The third kappa shape index (κ3) is 3.94. The molecule has 0 aliphatic rings. The van der Waals surface area contributed by atoms with Crippen LogP contribution in [0.2, 0.25) is 0 Å². The van der Waals surface area contributed by atoms with Gasteiger partial charge in [0.25, 0.3) is 5.91 Å². The van der Waals surface area contributed by atoms with Crippen molar-refractivity contribution in [2.45, 2.75) is 6.42 Å². The molecule has 1 heterocycles. The summed E-state index contributed by atoms with van der Waals surface area (Å²) in [5.74, 6) is -0.625. The van der Waals surface area contributed by atoms with Crippen molar-refractivity contribution in [2.24, 2.45) is 0 Å². The van der Waals surface area contributed by atoms with Crippen LogP contribution in [0.5, 0.6) is 11.5 Å². The molecular weight excluding hydrogens is 390 g/mol. The summed E-state index contributed by atoms with van der Waals surface area (Å²) >= 11 is 3.36. The summed E-state index contributed by atoms with van der Waals surface area (Å²) in [5, 5.41) is 32.6. The lowest BCUT2D eigenvalue weighted by atomic mass is 10.1. The van der Waals surface area contributed by atoms with E-state index < -0.39 is 0 Å².